The third-order valence-electron chi connectivity index (χ3n) is 4.23. The number of hydrogen-bond acceptors (Lipinski definition) is 2. The first-order valence-electron chi connectivity index (χ1n) is 8.02. The summed E-state index contributed by atoms with van der Waals surface area (Å²) in [6.07, 6.45) is 6.30. The van der Waals surface area contributed by atoms with Crippen molar-refractivity contribution < 1.29 is 0 Å². The van der Waals surface area contributed by atoms with Crippen LogP contribution in [0, 0.1) is 5.92 Å². The summed E-state index contributed by atoms with van der Waals surface area (Å²) < 4.78 is 2.29. The molecule has 0 aliphatic heterocycles. The van der Waals surface area contributed by atoms with Gasteiger partial charge in [0.2, 0.25) is 0 Å². The summed E-state index contributed by atoms with van der Waals surface area (Å²) in [5, 5.41) is 8.43. The highest BCUT2D eigenvalue weighted by atomic mass is 15.3. The van der Waals surface area contributed by atoms with Gasteiger partial charge in [-0.25, -0.2) is 0 Å². The number of nitrogens with zero attached hydrogens (tertiary/aromatic N) is 2. The van der Waals surface area contributed by atoms with E-state index in [-0.39, 0.29) is 0 Å². The summed E-state index contributed by atoms with van der Waals surface area (Å²) in [5.74, 6) is 0.980. The maximum absolute atomic E-state index is 4.88. The van der Waals surface area contributed by atoms with Crippen molar-refractivity contribution >= 4 is 0 Å². The molecule has 0 saturated heterocycles. The minimum Gasteiger partial charge on any atom is -0.310 e. The lowest BCUT2D eigenvalue weighted by Crippen LogP contribution is -2.20. The van der Waals surface area contributed by atoms with Gasteiger partial charge in [-0.05, 0) is 38.6 Å². The van der Waals surface area contributed by atoms with E-state index in [1.54, 1.807) is 0 Å². The third kappa shape index (κ3) is 3.38. The first kappa shape index (κ1) is 14.6. The van der Waals surface area contributed by atoms with Gasteiger partial charge in [0.15, 0.2) is 0 Å². The Kier molecular flexibility index (Phi) is 5.03. The molecule has 0 radical (unpaired) electrons. The summed E-state index contributed by atoms with van der Waals surface area (Å²) in [7, 11) is 0. The van der Waals surface area contributed by atoms with E-state index in [9.17, 15) is 0 Å². The normalized spacial score (nSPS) is 16.8. The zero-order chi connectivity index (χ0) is 13.8. The molecule has 19 heavy (non-hydrogen) atoms. The fraction of sp³-hybridized carbons (Fsp3) is 0.812. The highest BCUT2D eigenvalue weighted by Crippen LogP contribution is 2.33. The minimum absolute atomic E-state index is 0.421. The highest BCUT2D eigenvalue weighted by Gasteiger charge is 2.23. The Balaban J connectivity index is 2.21. The van der Waals surface area contributed by atoms with Crippen LogP contribution in [0.4, 0.5) is 0 Å². The monoisotopic (exact) mass is 263 g/mol. The standard InChI is InChI=1S/C16H29N3/c1-5-14-16(12(4)17-7-3)15(6-2)19(18-14)11-10-13-8-9-13/h12-13,17H,5-11H2,1-4H3. The van der Waals surface area contributed by atoms with Gasteiger partial charge in [-0.2, -0.15) is 5.10 Å². The molecule has 2 rings (SSSR count). The van der Waals surface area contributed by atoms with Crippen LogP contribution in [0.15, 0.2) is 0 Å². The number of nitrogens with one attached hydrogen (secondary N) is 1. The van der Waals surface area contributed by atoms with Gasteiger partial charge in [0, 0.05) is 23.8 Å². The molecule has 1 aliphatic carbocycles. The maximum Gasteiger partial charge on any atom is 0.0672 e. The molecular formula is C16H29N3. The summed E-state index contributed by atoms with van der Waals surface area (Å²) in [6.45, 7) is 11.0. The van der Waals surface area contributed by atoms with Crippen LogP contribution in [0.2, 0.25) is 0 Å². The molecule has 1 heterocycles. The number of hydrogen-bond donors (Lipinski definition) is 1. The second-order valence-electron chi connectivity index (χ2n) is 5.75. The van der Waals surface area contributed by atoms with E-state index in [1.807, 2.05) is 0 Å². The molecule has 108 valence electrons. The summed E-state index contributed by atoms with van der Waals surface area (Å²) in [5.41, 5.74) is 4.20. The largest absolute Gasteiger partial charge is 0.310 e. The van der Waals surface area contributed by atoms with Crippen molar-refractivity contribution in [1.82, 2.24) is 15.1 Å². The van der Waals surface area contributed by atoms with Gasteiger partial charge in [-0.1, -0.05) is 33.6 Å². The van der Waals surface area contributed by atoms with Crippen molar-refractivity contribution in [3.8, 4) is 0 Å². The third-order valence-corrected chi connectivity index (χ3v) is 4.23. The van der Waals surface area contributed by atoms with Gasteiger partial charge in [-0.3, -0.25) is 4.68 Å². The van der Waals surface area contributed by atoms with Crippen molar-refractivity contribution in [1.29, 1.82) is 0 Å². The van der Waals surface area contributed by atoms with Crippen molar-refractivity contribution in [3.63, 3.8) is 0 Å². The molecule has 1 aliphatic rings. The Bertz CT molecular complexity index is 404. The van der Waals surface area contributed by atoms with Gasteiger partial charge in [0.25, 0.3) is 0 Å². The Morgan fingerprint density at radius 3 is 2.53 bits per heavy atom. The smallest absolute Gasteiger partial charge is 0.0672 e. The molecule has 1 aromatic rings. The molecule has 1 saturated carbocycles. The van der Waals surface area contributed by atoms with Crippen LogP contribution in [0.25, 0.3) is 0 Å². The van der Waals surface area contributed by atoms with Crippen LogP contribution in [0.1, 0.15) is 70.0 Å². The van der Waals surface area contributed by atoms with Crippen molar-refractivity contribution in [2.24, 2.45) is 5.92 Å². The quantitative estimate of drug-likeness (QED) is 0.778. The zero-order valence-electron chi connectivity index (χ0n) is 13.0. The van der Waals surface area contributed by atoms with Crippen molar-refractivity contribution in [2.45, 2.75) is 72.4 Å². The first-order valence-corrected chi connectivity index (χ1v) is 8.02. The van der Waals surface area contributed by atoms with E-state index in [2.05, 4.69) is 37.7 Å². The van der Waals surface area contributed by atoms with Gasteiger partial charge >= 0.3 is 0 Å². The molecule has 0 amide bonds. The van der Waals surface area contributed by atoms with E-state index >= 15 is 0 Å². The fourth-order valence-electron chi connectivity index (χ4n) is 3.00. The van der Waals surface area contributed by atoms with Crippen LogP contribution in [-0.2, 0) is 19.4 Å². The molecule has 3 nitrogen and oxygen atoms in total. The molecule has 1 unspecified atom stereocenters. The molecule has 3 heteroatoms. The van der Waals surface area contributed by atoms with E-state index in [0.717, 1.165) is 31.8 Å². The van der Waals surface area contributed by atoms with Gasteiger partial charge in [0.05, 0.1) is 5.69 Å². The first-order chi connectivity index (χ1) is 9.21. The van der Waals surface area contributed by atoms with Crippen LogP contribution < -0.4 is 5.32 Å². The lowest BCUT2D eigenvalue weighted by molar-refractivity contribution is 0.522. The average molecular weight is 263 g/mol. The van der Waals surface area contributed by atoms with Crippen LogP contribution in [-0.4, -0.2) is 16.3 Å². The highest BCUT2D eigenvalue weighted by molar-refractivity contribution is 5.30. The van der Waals surface area contributed by atoms with E-state index in [1.165, 1.54) is 36.2 Å². The predicted molar refractivity (Wildman–Crippen MR) is 80.4 cm³/mol. The van der Waals surface area contributed by atoms with Crippen molar-refractivity contribution in [3.05, 3.63) is 17.0 Å². The van der Waals surface area contributed by atoms with Gasteiger partial charge in [-0.15, -0.1) is 0 Å². The molecule has 0 spiro atoms. The second-order valence-corrected chi connectivity index (χ2v) is 5.75. The molecule has 0 aromatic carbocycles. The molecule has 1 fully saturated rings. The number of aromatic nitrogens is 2. The van der Waals surface area contributed by atoms with Crippen molar-refractivity contribution in [2.75, 3.05) is 6.54 Å². The molecule has 0 bridgehead atoms. The topological polar surface area (TPSA) is 29.9 Å². The Labute approximate surface area is 117 Å². The average Bonchev–Trinajstić information content (AvgIpc) is 3.16. The SMILES string of the molecule is CCNC(C)c1c(CC)nn(CCC2CC2)c1CC. The van der Waals surface area contributed by atoms with Crippen LogP contribution in [0.5, 0.6) is 0 Å². The lowest BCUT2D eigenvalue weighted by Gasteiger charge is -2.15. The molecule has 1 atom stereocenters. The van der Waals surface area contributed by atoms with E-state index < -0.39 is 0 Å². The number of rotatable bonds is 8. The fourth-order valence-corrected chi connectivity index (χ4v) is 3.00. The maximum atomic E-state index is 4.88. The Morgan fingerprint density at radius 1 is 1.26 bits per heavy atom. The van der Waals surface area contributed by atoms with Crippen LogP contribution >= 0.6 is 0 Å². The molecule has 1 N–H and O–H groups in total. The minimum atomic E-state index is 0.421. The van der Waals surface area contributed by atoms with E-state index in [4.69, 9.17) is 5.10 Å². The summed E-state index contributed by atoms with van der Waals surface area (Å²) in [6, 6.07) is 0.421. The van der Waals surface area contributed by atoms with Gasteiger partial charge in [0.1, 0.15) is 0 Å². The zero-order valence-corrected chi connectivity index (χ0v) is 13.0. The predicted octanol–water partition coefficient (Wildman–Crippen LogP) is 3.48. The number of aryl methyl sites for hydroxylation is 2. The van der Waals surface area contributed by atoms with E-state index in [0.29, 0.717) is 6.04 Å². The Morgan fingerprint density at radius 2 is 2.00 bits per heavy atom. The Hall–Kier alpha value is -0.830. The molecular weight excluding hydrogens is 234 g/mol. The van der Waals surface area contributed by atoms with Crippen LogP contribution in [0.3, 0.4) is 0 Å². The summed E-state index contributed by atoms with van der Waals surface area (Å²) >= 11 is 0. The lowest BCUT2D eigenvalue weighted by atomic mass is 10.0. The molecule has 1 aromatic heterocycles. The second kappa shape index (κ2) is 6.56. The van der Waals surface area contributed by atoms with Gasteiger partial charge < -0.3 is 5.32 Å². The summed E-state index contributed by atoms with van der Waals surface area (Å²) in [4.78, 5) is 0.